The number of piperidine rings is 1. The van der Waals surface area contributed by atoms with E-state index in [0.717, 1.165) is 31.7 Å². The lowest BCUT2D eigenvalue weighted by Gasteiger charge is -2.45. The van der Waals surface area contributed by atoms with E-state index in [0.29, 0.717) is 22.5 Å². The van der Waals surface area contributed by atoms with Crippen LogP contribution in [0.2, 0.25) is 0 Å². The summed E-state index contributed by atoms with van der Waals surface area (Å²) in [6.45, 7) is 1.82. The Balaban J connectivity index is 1.38. The number of rotatable bonds is 7. The van der Waals surface area contributed by atoms with E-state index in [1.807, 2.05) is 30.3 Å². The molecule has 1 saturated heterocycles. The van der Waals surface area contributed by atoms with Crippen molar-refractivity contribution in [2.45, 2.75) is 61.4 Å². The highest BCUT2D eigenvalue weighted by molar-refractivity contribution is 7.92. The first-order valence-electron chi connectivity index (χ1n) is 13.1. The Hall–Kier alpha value is -2.83. The molecule has 2 aliphatic rings. The number of hydrogen-bond acceptors (Lipinski definition) is 4. The Morgan fingerprint density at radius 3 is 2.03 bits per heavy atom. The van der Waals surface area contributed by atoms with Gasteiger partial charge in [0.05, 0.1) is 17.7 Å². The molecule has 0 aromatic heterocycles. The Morgan fingerprint density at radius 2 is 1.39 bits per heavy atom. The third kappa shape index (κ3) is 5.16. The van der Waals surface area contributed by atoms with Crippen LogP contribution in [0.4, 0.5) is 5.69 Å². The van der Waals surface area contributed by atoms with Gasteiger partial charge in [-0.25, -0.2) is 8.42 Å². The SMILES string of the molecule is COc1ccc(N(C2CCN(C3CCCCC3c3ccccc3)CC2)S(=O)(=O)c2ccccc2)cc1. The molecule has 6 heteroatoms. The van der Waals surface area contributed by atoms with Crippen molar-refractivity contribution < 1.29 is 13.2 Å². The number of benzene rings is 3. The molecule has 1 saturated carbocycles. The van der Waals surface area contributed by atoms with E-state index >= 15 is 0 Å². The van der Waals surface area contributed by atoms with Gasteiger partial charge in [-0.2, -0.15) is 0 Å². The highest BCUT2D eigenvalue weighted by Gasteiger charge is 2.38. The van der Waals surface area contributed by atoms with Crippen LogP contribution >= 0.6 is 0 Å². The van der Waals surface area contributed by atoms with E-state index in [9.17, 15) is 8.42 Å². The highest BCUT2D eigenvalue weighted by atomic mass is 32.2. The molecule has 5 rings (SSSR count). The maximum atomic E-state index is 13.9. The van der Waals surface area contributed by atoms with Crippen molar-refractivity contribution in [2.75, 3.05) is 24.5 Å². The second kappa shape index (κ2) is 11.1. The quantitative estimate of drug-likeness (QED) is 0.391. The van der Waals surface area contributed by atoms with Gasteiger partial charge in [-0.05, 0) is 73.6 Å². The monoisotopic (exact) mass is 504 g/mol. The van der Waals surface area contributed by atoms with E-state index in [4.69, 9.17) is 4.74 Å². The summed E-state index contributed by atoms with van der Waals surface area (Å²) >= 11 is 0. The molecule has 0 bridgehead atoms. The molecule has 0 radical (unpaired) electrons. The average molecular weight is 505 g/mol. The molecule has 2 fully saturated rings. The lowest BCUT2D eigenvalue weighted by Crippen LogP contribution is -2.51. The van der Waals surface area contributed by atoms with Gasteiger partial charge >= 0.3 is 0 Å². The van der Waals surface area contributed by atoms with Gasteiger partial charge in [0.25, 0.3) is 10.0 Å². The van der Waals surface area contributed by atoms with Crippen molar-refractivity contribution in [2.24, 2.45) is 0 Å². The van der Waals surface area contributed by atoms with Crippen LogP contribution in [0.15, 0.2) is 89.8 Å². The van der Waals surface area contributed by atoms with Crippen molar-refractivity contribution in [1.29, 1.82) is 0 Å². The summed E-state index contributed by atoms with van der Waals surface area (Å²) in [4.78, 5) is 2.97. The molecule has 2 atom stereocenters. The third-order valence-corrected chi connectivity index (χ3v) is 9.78. The van der Waals surface area contributed by atoms with E-state index < -0.39 is 10.0 Å². The topological polar surface area (TPSA) is 49.9 Å². The lowest BCUT2D eigenvalue weighted by molar-refractivity contribution is 0.107. The largest absolute Gasteiger partial charge is 0.497 e. The van der Waals surface area contributed by atoms with Gasteiger partial charge in [0.1, 0.15) is 5.75 Å². The number of sulfonamides is 1. The van der Waals surface area contributed by atoms with Crippen LogP contribution in [0.5, 0.6) is 5.75 Å². The van der Waals surface area contributed by atoms with Gasteiger partial charge in [-0.3, -0.25) is 9.21 Å². The average Bonchev–Trinajstić information content (AvgIpc) is 2.95. The van der Waals surface area contributed by atoms with E-state index in [-0.39, 0.29) is 6.04 Å². The molecule has 0 spiro atoms. The third-order valence-electron chi connectivity index (χ3n) is 7.88. The molecule has 5 nitrogen and oxygen atoms in total. The first-order chi connectivity index (χ1) is 17.6. The van der Waals surface area contributed by atoms with Gasteiger partial charge in [0.2, 0.25) is 0 Å². The fraction of sp³-hybridized carbons (Fsp3) is 0.400. The fourth-order valence-electron chi connectivity index (χ4n) is 6.07. The molecule has 2 unspecified atom stereocenters. The van der Waals surface area contributed by atoms with Crippen molar-refractivity contribution in [3.8, 4) is 5.75 Å². The van der Waals surface area contributed by atoms with Crippen LogP contribution in [-0.4, -0.2) is 45.6 Å². The zero-order valence-electron chi connectivity index (χ0n) is 21.0. The first-order valence-corrected chi connectivity index (χ1v) is 14.5. The number of nitrogens with zero attached hydrogens (tertiary/aromatic N) is 2. The minimum absolute atomic E-state index is 0.0846. The normalized spacial score (nSPS) is 21.7. The molecule has 0 amide bonds. The molecule has 1 aliphatic heterocycles. The van der Waals surface area contributed by atoms with Crippen LogP contribution in [0.3, 0.4) is 0 Å². The molecule has 0 N–H and O–H groups in total. The number of anilines is 1. The van der Waals surface area contributed by atoms with Gasteiger partial charge in [0, 0.05) is 25.2 Å². The first kappa shape index (κ1) is 24.8. The predicted octanol–water partition coefficient (Wildman–Crippen LogP) is 6.08. The number of likely N-dealkylation sites (tertiary alicyclic amines) is 1. The molecule has 1 heterocycles. The fourth-order valence-corrected chi connectivity index (χ4v) is 7.80. The van der Waals surface area contributed by atoms with Gasteiger partial charge in [0.15, 0.2) is 0 Å². The van der Waals surface area contributed by atoms with Crippen LogP contribution < -0.4 is 9.04 Å². The number of ether oxygens (including phenoxy) is 1. The highest BCUT2D eigenvalue weighted by Crippen LogP contribution is 2.38. The Labute approximate surface area is 215 Å². The summed E-state index contributed by atoms with van der Waals surface area (Å²) in [7, 11) is -2.07. The van der Waals surface area contributed by atoms with Crippen LogP contribution in [0.1, 0.15) is 50.0 Å². The summed E-state index contributed by atoms with van der Waals surface area (Å²) in [5, 5.41) is 0. The Kier molecular flexibility index (Phi) is 7.63. The van der Waals surface area contributed by atoms with E-state index in [1.165, 1.54) is 31.2 Å². The molecule has 3 aromatic rings. The van der Waals surface area contributed by atoms with Gasteiger partial charge in [-0.1, -0.05) is 61.4 Å². The summed E-state index contributed by atoms with van der Waals surface area (Å²) < 4.78 is 34.8. The minimum atomic E-state index is -3.70. The Morgan fingerprint density at radius 1 is 0.778 bits per heavy atom. The molecular formula is C30H36N2O3S. The predicted molar refractivity (Wildman–Crippen MR) is 145 cm³/mol. The minimum Gasteiger partial charge on any atom is -0.497 e. The van der Waals surface area contributed by atoms with Crippen molar-refractivity contribution >= 4 is 15.7 Å². The number of methoxy groups -OCH3 is 1. The zero-order valence-corrected chi connectivity index (χ0v) is 21.8. The van der Waals surface area contributed by atoms with Crippen LogP contribution in [-0.2, 0) is 10.0 Å². The second-order valence-electron chi connectivity index (χ2n) is 9.95. The molecule has 190 valence electrons. The molecule has 36 heavy (non-hydrogen) atoms. The second-order valence-corrected chi connectivity index (χ2v) is 11.8. The zero-order chi connectivity index (χ0) is 25.0. The molecular weight excluding hydrogens is 468 g/mol. The summed E-state index contributed by atoms with van der Waals surface area (Å²) in [6, 6.07) is 27.6. The standard InChI is InChI=1S/C30H36N2O3S/c1-35-27-18-16-25(17-19-27)32(36(33,34)28-12-6-3-7-13-28)26-20-22-31(23-21-26)30-15-9-8-14-29(30)24-10-4-2-5-11-24/h2-7,10-13,16-19,26,29-30H,8-9,14-15,20-23H2,1H3. The molecule has 3 aromatic carbocycles. The Bertz CT molecular complexity index is 1210. The smallest absolute Gasteiger partial charge is 0.264 e. The summed E-state index contributed by atoms with van der Waals surface area (Å²) in [6.07, 6.45) is 6.64. The van der Waals surface area contributed by atoms with Gasteiger partial charge < -0.3 is 4.74 Å². The van der Waals surface area contributed by atoms with Crippen LogP contribution in [0.25, 0.3) is 0 Å². The van der Waals surface area contributed by atoms with Gasteiger partial charge in [-0.15, -0.1) is 0 Å². The molecule has 1 aliphatic carbocycles. The summed E-state index contributed by atoms with van der Waals surface area (Å²) in [5.74, 6) is 1.28. The maximum absolute atomic E-state index is 13.9. The van der Waals surface area contributed by atoms with Crippen molar-refractivity contribution in [3.05, 3.63) is 90.5 Å². The lowest BCUT2D eigenvalue weighted by atomic mass is 9.78. The summed E-state index contributed by atoms with van der Waals surface area (Å²) in [5.41, 5.74) is 2.13. The van der Waals surface area contributed by atoms with E-state index in [2.05, 4.69) is 35.2 Å². The van der Waals surface area contributed by atoms with Crippen molar-refractivity contribution in [3.63, 3.8) is 0 Å². The maximum Gasteiger partial charge on any atom is 0.264 e. The number of hydrogen-bond donors (Lipinski definition) is 0. The van der Waals surface area contributed by atoms with Crippen LogP contribution in [0, 0.1) is 0 Å². The van der Waals surface area contributed by atoms with Crippen molar-refractivity contribution in [1.82, 2.24) is 4.90 Å². The van der Waals surface area contributed by atoms with E-state index in [1.54, 1.807) is 35.7 Å².